The Morgan fingerprint density at radius 1 is 1.29 bits per heavy atom. The van der Waals surface area contributed by atoms with Crippen molar-refractivity contribution in [3.8, 4) is 11.3 Å². The van der Waals surface area contributed by atoms with Gasteiger partial charge in [-0.15, -0.1) is 0 Å². The molecule has 1 aliphatic rings. The van der Waals surface area contributed by atoms with Crippen LogP contribution in [0.25, 0.3) is 11.3 Å². The fraction of sp³-hybridized carbons (Fsp3) is 0.381. The highest BCUT2D eigenvalue weighted by molar-refractivity contribution is 5.82. The van der Waals surface area contributed by atoms with Crippen LogP contribution in [-0.4, -0.2) is 46.4 Å². The molecule has 7 heteroatoms. The molecule has 0 spiro atoms. The molecule has 0 aliphatic carbocycles. The van der Waals surface area contributed by atoms with Crippen LogP contribution in [0, 0.1) is 6.92 Å². The Morgan fingerprint density at radius 2 is 2.04 bits per heavy atom. The minimum absolute atomic E-state index is 0.0165. The molecule has 0 bridgehead atoms. The Kier molecular flexibility index (Phi) is 5.25. The van der Waals surface area contributed by atoms with E-state index in [-0.39, 0.29) is 5.91 Å². The average Bonchev–Trinajstić information content (AvgIpc) is 3.38. The second-order valence-corrected chi connectivity index (χ2v) is 7.16. The molecule has 0 saturated carbocycles. The van der Waals surface area contributed by atoms with Gasteiger partial charge in [0.15, 0.2) is 11.9 Å². The van der Waals surface area contributed by atoms with Gasteiger partial charge in [-0.3, -0.25) is 9.89 Å². The zero-order valence-electron chi connectivity index (χ0n) is 16.1. The fourth-order valence-corrected chi connectivity index (χ4v) is 3.86. The van der Waals surface area contributed by atoms with E-state index in [2.05, 4.69) is 15.4 Å². The third kappa shape index (κ3) is 3.57. The molecule has 1 atom stereocenters. The normalized spacial score (nSPS) is 16.3. The topological polar surface area (TPSA) is 84.2 Å². The van der Waals surface area contributed by atoms with Crippen molar-refractivity contribution in [2.24, 2.45) is 0 Å². The van der Waals surface area contributed by atoms with Gasteiger partial charge in [0.05, 0.1) is 17.5 Å². The molecule has 3 heterocycles. The largest absolute Gasteiger partial charge is 0.367 e. The summed E-state index contributed by atoms with van der Waals surface area (Å²) in [4.78, 5) is 14.9. The number of methoxy groups -OCH3 is 1. The number of nitrogens with one attached hydrogen (secondary N) is 1. The second kappa shape index (κ2) is 7.98. The number of ether oxygens (including phenoxy) is 1. The number of amides is 1. The van der Waals surface area contributed by atoms with E-state index in [1.165, 1.54) is 0 Å². The summed E-state index contributed by atoms with van der Waals surface area (Å²) in [6, 6.07) is 11.5. The molecule has 1 aromatic carbocycles. The van der Waals surface area contributed by atoms with E-state index >= 15 is 0 Å². The van der Waals surface area contributed by atoms with E-state index < -0.39 is 6.10 Å². The third-order valence-electron chi connectivity index (χ3n) is 5.34. The molecule has 28 heavy (non-hydrogen) atoms. The fourth-order valence-electron chi connectivity index (χ4n) is 3.86. The molecular weight excluding hydrogens is 356 g/mol. The molecule has 0 radical (unpaired) electrons. The quantitative estimate of drug-likeness (QED) is 0.733. The minimum atomic E-state index is -0.558. The molecule has 1 amide bonds. The summed E-state index contributed by atoms with van der Waals surface area (Å²) in [7, 11) is 1.58. The first kappa shape index (κ1) is 18.4. The first-order valence-corrected chi connectivity index (χ1v) is 9.51. The lowest BCUT2D eigenvalue weighted by atomic mass is 9.90. The first-order chi connectivity index (χ1) is 13.7. The maximum Gasteiger partial charge on any atom is 0.256 e. The highest BCUT2D eigenvalue weighted by Gasteiger charge is 2.31. The van der Waals surface area contributed by atoms with E-state index in [1.807, 2.05) is 48.2 Å². The van der Waals surface area contributed by atoms with Crippen molar-refractivity contribution in [3.63, 3.8) is 0 Å². The van der Waals surface area contributed by atoms with Gasteiger partial charge in [0.2, 0.25) is 0 Å². The second-order valence-electron chi connectivity index (χ2n) is 7.16. The van der Waals surface area contributed by atoms with Crippen LogP contribution in [-0.2, 0) is 9.53 Å². The van der Waals surface area contributed by atoms with E-state index in [0.717, 1.165) is 41.1 Å². The number of nitrogens with zero attached hydrogens (tertiary/aromatic N) is 3. The van der Waals surface area contributed by atoms with Gasteiger partial charge < -0.3 is 14.2 Å². The summed E-state index contributed by atoms with van der Waals surface area (Å²) in [5, 5.41) is 11.3. The third-order valence-corrected chi connectivity index (χ3v) is 5.34. The molecule has 2 aromatic heterocycles. The minimum Gasteiger partial charge on any atom is -0.367 e. The van der Waals surface area contributed by atoms with Crippen LogP contribution in [0.3, 0.4) is 0 Å². The lowest BCUT2D eigenvalue weighted by molar-refractivity contribution is -0.143. The summed E-state index contributed by atoms with van der Waals surface area (Å²) < 4.78 is 10.9. The maximum atomic E-state index is 13.0. The standard InChI is InChI=1S/C21H24N4O3/c1-14-12-18(28-24-14)17-13-22-23-19(17)15-8-10-25(11-9-15)21(26)20(27-2)16-6-4-3-5-7-16/h3-7,12-13,15,20H,8-11H2,1-2H3,(H,22,23). The first-order valence-electron chi connectivity index (χ1n) is 9.51. The van der Waals surface area contributed by atoms with Gasteiger partial charge in [0.25, 0.3) is 5.91 Å². The van der Waals surface area contributed by atoms with E-state index in [1.54, 1.807) is 13.3 Å². The van der Waals surface area contributed by atoms with Crippen LogP contribution in [0.2, 0.25) is 0 Å². The van der Waals surface area contributed by atoms with Crippen molar-refractivity contribution in [3.05, 3.63) is 59.5 Å². The van der Waals surface area contributed by atoms with Crippen molar-refractivity contribution >= 4 is 5.91 Å². The number of aromatic amines is 1. The summed E-state index contributed by atoms with van der Waals surface area (Å²) in [6.07, 6.45) is 2.94. The van der Waals surface area contributed by atoms with Crippen molar-refractivity contribution in [1.29, 1.82) is 0 Å². The Bertz CT molecular complexity index is 926. The molecule has 1 fully saturated rings. The van der Waals surface area contributed by atoms with Crippen LogP contribution < -0.4 is 0 Å². The smallest absolute Gasteiger partial charge is 0.256 e. The molecule has 1 N–H and O–H groups in total. The molecular formula is C21H24N4O3. The SMILES string of the molecule is COC(C(=O)N1CCC(c2[nH]ncc2-c2cc(C)no2)CC1)c1ccccc1. The monoisotopic (exact) mass is 380 g/mol. The van der Waals surface area contributed by atoms with Gasteiger partial charge >= 0.3 is 0 Å². The van der Waals surface area contributed by atoms with E-state index in [4.69, 9.17) is 9.26 Å². The number of hydrogen-bond donors (Lipinski definition) is 1. The van der Waals surface area contributed by atoms with E-state index in [9.17, 15) is 4.79 Å². The van der Waals surface area contributed by atoms with Gasteiger partial charge in [-0.2, -0.15) is 5.10 Å². The molecule has 1 unspecified atom stereocenters. The highest BCUT2D eigenvalue weighted by atomic mass is 16.5. The molecule has 7 nitrogen and oxygen atoms in total. The van der Waals surface area contributed by atoms with Crippen molar-refractivity contribution in [2.75, 3.05) is 20.2 Å². The summed E-state index contributed by atoms with van der Waals surface area (Å²) in [5.41, 5.74) is 3.72. The lowest BCUT2D eigenvalue weighted by Gasteiger charge is -2.33. The lowest BCUT2D eigenvalue weighted by Crippen LogP contribution is -2.41. The number of benzene rings is 1. The Morgan fingerprint density at radius 3 is 2.68 bits per heavy atom. The highest BCUT2D eigenvalue weighted by Crippen LogP contribution is 2.34. The summed E-state index contributed by atoms with van der Waals surface area (Å²) in [6.45, 7) is 3.27. The summed E-state index contributed by atoms with van der Waals surface area (Å²) >= 11 is 0. The van der Waals surface area contributed by atoms with Crippen molar-refractivity contribution < 1.29 is 14.1 Å². The number of aryl methyl sites for hydroxylation is 1. The number of carbonyl (C=O) groups is 1. The maximum absolute atomic E-state index is 13.0. The number of rotatable bonds is 5. The predicted octanol–water partition coefficient (Wildman–Crippen LogP) is 3.47. The van der Waals surface area contributed by atoms with Gasteiger partial charge in [0, 0.05) is 37.9 Å². The van der Waals surface area contributed by atoms with Crippen LogP contribution in [0.5, 0.6) is 0 Å². The van der Waals surface area contributed by atoms with Crippen molar-refractivity contribution in [2.45, 2.75) is 31.8 Å². The van der Waals surface area contributed by atoms with Gasteiger partial charge in [-0.05, 0) is 25.3 Å². The van der Waals surface area contributed by atoms with Crippen LogP contribution >= 0.6 is 0 Å². The van der Waals surface area contributed by atoms with Gasteiger partial charge in [-0.1, -0.05) is 35.5 Å². The number of hydrogen-bond acceptors (Lipinski definition) is 5. The molecule has 1 saturated heterocycles. The van der Waals surface area contributed by atoms with Crippen LogP contribution in [0.15, 0.2) is 47.1 Å². The Labute approximate surface area is 163 Å². The summed E-state index contributed by atoms with van der Waals surface area (Å²) in [5.74, 6) is 1.04. The zero-order valence-corrected chi connectivity index (χ0v) is 16.1. The number of likely N-dealkylation sites (tertiary alicyclic amines) is 1. The van der Waals surface area contributed by atoms with E-state index in [0.29, 0.717) is 19.0 Å². The Hall–Kier alpha value is -2.93. The zero-order chi connectivity index (χ0) is 19.5. The Balaban J connectivity index is 1.44. The number of aromatic nitrogens is 3. The molecule has 3 aromatic rings. The van der Waals surface area contributed by atoms with Crippen molar-refractivity contribution in [1.82, 2.24) is 20.3 Å². The molecule has 1 aliphatic heterocycles. The number of H-pyrrole nitrogens is 1. The molecule has 4 rings (SSSR count). The predicted molar refractivity (Wildman–Crippen MR) is 104 cm³/mol. The van der Waals surface area contributed by atoms with Crippen LogP contribution in [0.1, 0.15) is 41.8 Å². The van der Waals surface area contributed by atoms with Gasteiger partial charge in [0.1, 0.15) is 0 Å². The van der Waals surface area contributed by atoms with Crippen LogP contribution in [0.4, 0.5) is 0 Å². The number of piperidine rings is 1. The van der Waals surface area contributed by atoms with Gasteiger partial charge in [-0.25, -0.2) is 0 Å². The number of carbonyl (C=O) groups excluding carboxylic acids is 1. The average molecular weight is 380 g/mol. The molecule has 146 valence electrons.